The van der Waals surface area contributed by atoms with Crippen LogP contribution in [0, 0.1) is 5.92 Å². The van der Waals surface area contributed by atoms with E-state index in [1.165, 1.54) is 11.3 Å². The quantitative estimate of drug-likeness (QED) is 0.757. The number of likely N-dealkylation sites (tertiary alicyclic amines) is 1. The number of carbonyl (C=O) groups excluding carboxylic acids is 2. The molecule has 3 heterocycles. The van der Waals surface area contributed by atoms with Crippen LogP contribution in [0.3, 0.4) is 0 Å². The highest BCUT2D eigenvalue weighted by atomic mass is 32.1. The van der Waals surface area contributed by atoms with Crippen molar-refractivity contribution in [1.82, 2.24) is 15.1 Å². The van der Waals surface area contributed by atoms with E-state index in [2.05, 4.69) is 15.1 Å². The number of rotatable bonds is 7. The molecule has 3 fully saturated rings. The van der Waals surface area contributed by atoms with Crippen LogP contribution in [-0.2, 0) is 9.53 Å². The summed E-state index contributed by atoms with van der Waals surface area (Å²) in [6.07, 6.45) is 6.41. The van der Waals surface area contributed by atoms with Gasteiger partial charge >= 0.3 is 0 Å². The average Bonchev–Trinajstić information content (AvgIpc) is 3.44. The van der Waals surface area contributed by atoms with Gasteiger partial charge in [-0.1, -0.05) is 6.07 Å². The van der Waals surface area contributed by atoms with Crippen LogP contribution in [0.5, 0.6) is 0 Å². The average molecular weight is 406 g/mol. The molecule has 1 aromatic heterocycles. The molecule has 0 bridgehead atoms. The van der Waals surface area contributed by atoms with Gasteiger partial charge in [0.1, 0.15) is 0 Å². The predicted octanol–water partition coefficient (Wildman–Crippen LogP) is 2.36. The Labute approximate surface area is 171 Å². The molecule has 2 saturated heterocycles. The van der Waals surface area contributed by atoms with Crippen molar-refractivity contribution in [3.8, 4) is 0 Å². The molecule has 0 aromatic carbocycles. The zero-order valence-corrected chi connectivity index (χ0v) is 17.3. The van der Waals surface area contributed by atoms with Crippen LogP contribution in [0.1, 0.15) is 48.2 Å². The third kappa shape index (κ3) is 4.93. The van der Waals surface area contributed by atoms with E-state index in [0.717, 1.165) is 76.3 Å². The third-order valence-electron chi connectivity index (χ3n) is 6.16. The summed E-state index contributed by atoms with van der Waals surface area (Å²) in [7, 11) is 0. The minimum Gasteiger partial charge on any atom is -0.381 e. The Bertz CT molecular complexity index is 656. The van der Waals surface area contributed by atoms with Crippen molar-refractivity contribution in [2.45, 2.75) is 50.6 Å². The van der Waals surface area contributed by atoms with E-state index in [9.17, 15) is 9.59 Å². The fourth-order valence-corrected chi connectivity index (χ4v) is 5.13. The SMILES string of the molecule is O=C(NCCN(C1CCOCC1)C1CCCN(C(=O)C2CC2)C1)c1cccs1. The van der Waals surface area contributed by atoms with E-state index in [1.54, 1.807) is 0 Å². The summed E-state index contributed by atoms with van der Waals surface area (Å²) in [5.41, 5.74) is 0. The van der Waals surface area contributed by atoms with Gasteiger partial charge in [-0.05, 0) is 50.0 Å². The number of amides is 2. The molecule has 1 aromatic rings. The smallest absolute Gasteiger partial charge is 0.261 e. The molecule has 0 spiro atoms. The first-order valence-corrected chi connectivity index (χ1v) is 11.5. The summed E-state index contributed by atoms with van der Waals surface area (Å²) in [6, 6.07) is 4.63. The number of ether oxygens (including phenoxy) is 1. The van der Waals surface area contributed by atoms with Gasteiger partial charge in [0.05, 0.1) is 4.88 Å². The lowest BCUT2D eigenvalue weighted by atomic mass is 9.98. The summed E-state index contributed by atoms with van der Waals surface area (Å²) in [5, 5.41) is 5.00. The summed E-state index contributed by atoms with van der Waals surface area (Å²) in [5.74, 6) is 0.666. The lowest BCUT2D eigenvalue weighted by Gasteiger charge is -2.44. The molecule has 1 atom stereocenters. The predicted molar refractivity (Wildman–Crippen MR) is 110 cm³/mol. The van der Waals surface area contributed by atoms with Crippen molar-refractivity contribution in [2.75, 3.05) is 39.4 Å². The topological polar surface area (TPSA) is 61.9 Å². The Morgan fingerprint density at radius 1 is 1.18 bits per heavy atom. The zero-order valence-electron chi connectivity index (χ0n) is 16.5. The second-order valence-corrected chi connectivity index (χ2v) is 9.12. The minimum absolute atomic E-state index is 0.0103. The molecule has 1 aliphatic carbocycles. The van der Waals surface area contributed by atoms with E-state index in [-0.39, 0.29) is 5.91 Å². The molecule has 154 valence electrons. The number of piperidine rings is 1. The van der Waals surface area contributed by atoms with Gasteiger partial charge in [-0.2, -0.15) is 0 Å². The molecular formula is C21H31N3O3S. The molecule has 7 heteroatoms. The number of nitrogens with zero attached hydrogens (tertiary/aromatic N) is 2. The summed E-state index contributed by atoms with van der Waals surface area (Å²) in [6.45, 7) is 4.83. The Morgan fingerprint density at radius 2 is 2.00 bits per heavy atom. The van der Waals surface area contributed by atoms with Gasteiger partial charge in [-0.25, -0.2) is 0 Å². The van der Waals surface area contributed by atoms with Crippen molar-refractivity contribution < 1.29 is 14.3 Å². The van der Waals surface area contributed by atoms with Gasteiger partial charge in [0.15, 0.2) is 0 Å². The van der Waals surface area contributed by atoms with Crippen molar-refractivity contribution in [2.24, 2.45) is 5.92 Å². The zero-order chi connectivity index (χ0) is 19.3. The van der Waals surface area contributed by atoms with Gasteiger partial charge in [-0.3, -0.25) is 14.5 Å². The highest BCUT2D eigenvalue weighted by Gasteiger charge is 2.37. The summed E-state index contributed by atoms with van der Waals surface area (Å²) >= 11 is 1.47. The molecule has 6 nitrogen and oxygen atoms in total. The number of nitrogens with one attached hydrogen (secondary N) is 1. The van der Waals surface area contributed by atoms with Gasteiger partial charge in [-0.15, -0.1) is 11.3 Å². The van der Waals surface area contributed by atoms with Crippen LogP contribution in [-0.4, -0.2) is 73.1 Å². The Kier molecular flexibility index (Phi) is 6.65. The minimum atomic E-state index is 0.0103. The molecule has 28 heavy (non-hydrogen) atoms. The van der Waals surface area contributed by atoms with Gasteiger partial charge in [0.2, 0.25) is 5.91 Å². The van der Waals surface area contributed by atoms with Crippen LogP contribution >= 0.6 is 11.3 Å². The van der Waals surface area contributed by atoms with Gasteiger partial charge in [0.25, 0.3) is 5.91 Å². The molecule has 4 rings (SSSR count). The van der Waals surface area contributed by atoms with Crippen LogP contribution in [0.2, 0.25) is 0 Å². The van der Waals surface area contributed by atoms with Crippen molar-refractivity contribution in [3.63, 3.8) is 0 Å². The van der Waals surface area contributed by atoms with Crippen LogP contribution in [0.25, 0.3) is 0 Å². The van der Waals surface area contributed by atoms with Crippen LogP contribution in [0.4, 0.5) is 0 Å². The molecule has 0 radical (unpaired) electrons. The first kappa shape index (κ1) is 19.9. The molecule has 1 saturated carbocycles. The maximum atomic E-state index is 12.6. The maximum Gasteiger partial charge on any atom is 0.261 e. The molecule has 2 aliphatic heterocycles. The normalized spacial score (nSPS) is 23.8. The number of hydrogen-bond acceptors (Lipinski definition) is 5. The Hall–Kier alpha value is -1.44. The first-order valence-electron chi connectivity index (χ1n) is 10.7. The first-order chi connectivity index (χ1) is 13.7. The van der Waals surface area contributed by atoms with Crippen molar-refractivity contribution >= 4 is 23.2 Å². The monoisotopic (exact) mass is 405 g/mol. The second-order valence-electron chi connectivity index (χ2n) is 8.17. The fourth-order valence-electron chi connectivity index (χ4n) is 4.49. The van der Waals surface area contributed by atoms with Crippen LogP contribution in [0.15, 0.2) is 17.5 Å². The molecule has 2 amide bonds. The van der Waals surface area contributed by atoms with E-state index in [1.807, 2.05) is 17.5 Å². The molecule has 1 unspecified atom stereocenters. The van der Waals surface area contributed by atoms with Crippen molar-refractivity contribution in [3.05, 3.63) is 22.4 Å². The molecule has 1 N–H and O–H groups in total. The van der Waals surface area contributed by atoms with E-state index in [4.69, 9.17) is 4.74 Å². The Balaban J connectivity index is 1.36. The van der Waals surface area contributed by atoms with E-state index < -0.39 is 0 Å². The number of hydrogen-bond donors (Lipinski definition) is 1. The fraction of sp³-hybridized carbons (Fsp3) is 0.714. The summed E-state index contributed by atoms with van der Waals surface area (Å²) < 4.78 is 5.57. The van der Waals surface area contributed by atoms with Gasteiger partial charge < -0.3 is 15.0 Å². The third-order valence-corrected chi connectivity index (χ3v) is 7.03. The highest BCUT2D eigenvalue weighted by Crippen LogP contribution is 2.32. The molecule has 3 aliphatic rings. The molecular weight excluding hydrogens is 374 g/mol. The number of carbonyl (C=O) groups is 2. The second kappa shape index (κ2) is 9.37. The lowest BCUT2D eigenvalue weighted by Crippen LogP contribution is -2.55. The standard InChI is InChI=1S/C21H31N3O3S/c25-20(19-4-2-14-28-19)22-9-11-24(17-7-12-27-13-8-17)18-3-1-10-23(15-18)21(26)16-5-6-16/h2,4,14,16-18H,1,3,5-13,15H2,(H,22,25). The number of thiophene rings is 1. The van der Waals surface area contributed by atoms with E-state index >= 15 is 0 Å². The van der Waals surface area contributed by atoms with Crippen molar-refractivity contribution in [1.29, 1.82) is 0 Å². The maximum absolute atomic E-state index is 12.6. The van der Waals surface area contributed by atoms with Crippen LogP contribution < -0.4 is 5.32 Å². The largest absolute Gasteiger partial charge is 0.381 e. The lowest BCUT2D eigenvalue weighted by molar-refractivity contribution is -0.135. The highest BCUT2D eigenvalue weighted by molar-refractivity contribution is 7.12. The van der Waals surface area contributed by atoms with E-state index in [0.29, 0.717) is 30.5 Å². The van der Waals surface area contributed by atoms with Gasteiger partial charge in [0, 0.05) is 57.4 Å². The Morgan fingerprint density at radius 3 is 2.71 bits per heavy atom. The summed E-state index contributed by atoms with van der Waals surface area (Å²) in [4.78, 5) is 30.3.